The van der Waals surface area contributed by atoms with Gasteiger partial charge in [-0.1, -0.05) is 11.6 Å². The molecule has 0 unspecified atom stereocenters. The van der Waals surface area contributed by atoms with Crippen LogP contribution in [0.3, 0.4) is 0 Å². The second kappa shape index (κ2) is 6.17. The Hall–Kier alpha value is -2.38. The van der Waals surface area contributed by atoms with Crippen molar-refractivity contribution in [3.8, 4) is 16.5 Å². The molecule has 0 aliphatic rings. The van der Waals surface area contributed by atoms with Crippen molar-refractivity contribution in [3.05, 3.63) is 58.7 Å². The van der Waals surface area contributed by atoms with E-state index in [1.165, 1.54) is 29.7 Å². The van der Waals surface area contributed by atoms with Crippen LogP contribution in [0.5, 0.6) is 5.75 Å². The molecule has 1 aromatic carbocycles. The first-order valence-corrected chi connectivity index (χ1v) is 7.28. The van der Waals surface area contributed by atoms with Crippen molar-refractivity contribution in [2.24, 2.45) is 0 Å². The second-order valence-corrected chi connectivity index (χ2v) is 5.36. The molecule has 5 nitrogen and oxygen atoms in total. The van der Waals surface area contributed by atoms with E-state index >= 15 is 0 Å². The third kappa shape index (κ3) is 3.10. The zero-order valence-corrected chi connectivity index (χ0v) is 12.4. The SMILES string of the molecule is O=C(Oc1ccc(F)c(Cl)c1)c1csc(-c2cnccn2)n1. The van der Waals surface area contributed by atoms with Gasteiger partial charge in [0.25, 0.3) is 0 Å². The molecule has 0 spiro atoms. The predicted molar refractivity (Wildman–Crippen MR) is 79.5 cm³/mol. The fraction of sp³-hybridized carbons (Fsp3) is 0. The molecule has 110 valence electrons. The summed E-state index contributed by atoms with van der Waals surface area (Å²) in [7, 11) is 0. The summed E-state index contributed by atoms with van der Waals surface area (Å²) in [5.74, 6) is -1.10. The molecule has 8 heteroatoms. The highest BCUT2D eigenvalue weighted by atomic mass is 35.5. The van der Waals surface area contributed by atoms with Crippen molar-refractivity contribution < 1.29 is 13.9 Å². The molecular weight excluding hydrogens is 329 g/mol. The quantitative estimate of drug-likeness (QED) is 0.540. The Morgan fingerprint density at radius 3 is 2.91 bits per heavy atom. The Kier molecular flexibility index (Phi) is 4.08. The molecule has 3 rings (SSSR count). The van der Waals surface area contributed by atoms with E-state index in [9.17, 15) is 9.18 Å². The van der Waals surface area contributed by atoms with Gasteiger partial charge in [0.15, 0.2) is 5.69 Å². The monoisotopic (exact) mass is 335 g/mol. The van der Waals surface area contributed by atoms with Crippen molar-refractivity contribution in [3.63, 3.8) is 0 Å². The molecule has 0 amide bonds. The zero-order valence-electron chi connectivity index (χ0n) is 10.9. The summed E-state index contributed by atoms with van der Waals surface area (Å²) in [6.45, 7) is 0. The summed E-state index contributed by atoms with van der Waals surface area (Å²) < 4.78 is 18.2. The number of carbonyl (C=O) groups is 1. The van der Waals surface area contributed by atoms with Gasteiger partial charge < -0.3 is 4.74 Å². The maximum absolute atomic E-state index is 13.1. The van der Waals surface area contributed by atoms with E-state index in [-0.39, 0.29) is 16.5 Å². The molecule has 0 saturated heterocycles. The first-order chi connectivity index (χ1) is 10.6. The highest BCUT2D eigenvalue weighted by molar-refractivity contribution is 7.13. The minimum Gasteiger partial charge on any atom is -0.422 e. The Labute approximate surface area is 133 Å². The van der Waals surface area contributed by atoms with Crippen LogP contribution in [0, 0.1) is 5.82 Å². The van der Waals surface area contributed by atoms with Crippen LogP contribution >= 0.6 is 22.9 Å². The van der Waals surface area contributed by atoms with Gasteiger partial charge in [0.2, 0.25) is 0 Å². The number of rotatable bonds is 3. The van der Waals surface area contributed by atoms with Crippen LogP contribution in [-0.2, 0) is 0 Å². The standard InChI is InChI=1S/C14H7ClFN3O2S/c15-9-5-8(1-2-10(9)16)21-14(20)12-7-22-13(19-12)11-6-17-3-4-18-11/h1-7H. The Morgan fingerprint density at radius 2 is 2.18 bits per heavy atom. The molecule has 2 heterocycles. The van der Waals surface area contributed by atoms with Crippen LogP contribution in [0.4, 0.5) is 4.39 Å². The zero-order chi connectivity index (χ0) is 15.5. The van der Waals surface area contributed by atoms with Gasteiger partial charge in [0.05, 0.1) is 11.2 Å². The molecular formula is C14H7ClFN3O2S. The van der Waals surface area contributed by atoms with E-state index in [0.717, 1.165) is 6.07 Å². The molecule has 0 radical (unpaired) electrons. The number of nitrogens with zero attached hydrogens (tertiary/aromatic N) is 3. The summed E-state index contributed by atoms with van der Waals surface area (Å²) >= 11 is 6.88. The number of benzene rings is 1. The van der Waals surface area contributed by atoms with E-state index in [1.54, 1.807) is 17.8 Å². The smallest absolute Gasteiger partial charge is 0.363 e. The molecule has 3 aromatic rings. The highest BCUT2D eigenvalue weighted by Gasteiger charge is 2.15. The lowest BCUT2D eigenvalue weighted by Crippen LogP contribution is -2.09. The molecule has 0 aliphatic heterocycles. The van der Waals surface area contributed by atoms with Gasteiger partial charge in [-0.25, -0.2) is 14.2 Å². The minimum atomic E-state index is -0.658. The first-order valence-electron chi connectivity index (χ1n) is 6.02. The van der Waals surface area contributed by atoms with Crippen LogP contribution in [0.1, 0.15) is 10.5 Å². The molecule has 0 fully saturated rings. The summed E-state index contributed by atoms with van der Waals surface area (Å²) in [5.41, 5.74) is 0.697. The molecule has 0 bridgehead atoms. The van der Waals surface area contributed by atoms with E-state index < -0.39 is 11.8 Å². The van der Waals surface area contributed by atoms with E-state index in [2.05, 4.69) is 15.0 Å². The van der Waals surface area contributed by atoms with Gasteiger partial charge in [-0.05, 0) is 12.1 Å². The first kappa shape index (κ1) is 14.6. The lowest BCUT2D eigenvalue weighted by Gasteiger charge is -2.03. The summed E-state index contributed by atoms with van der Waals surface area (Å²) in [4.78, 5) is 24.2. The van der Waals surface area contributed by atoms with E-state index in [1.807, 2.05) is 0 Å². The predicted octanol–water partition coefficient (Wildman–Crippen LogP) is 3.61. The highest BCUT2D eigenvalue weighted by Crippen LogP contribution is 2.24. The average Bonchev–Trinajstić information content (AvgIpc) is 3.02. The summed E-state index contributed by atoms with van der Waals surface area (Å²) in [5, 5.41) is 1.98. The number of halogens is 2. The molecule has 0 atom stereocenters. The van der Waals surface area contributed by atoms with Gasteiger partial charge in [0, 0.05) is 23.8 Å². The van der Waals surface area contributed by atoms with Gasteiger partial charge in [0.1, 0.15) is 22.3 Å². The molecule has 2 aromatic heterocycles. The molecule has 0 aliphatic carbocycles. The lowest BCUT2D eigenvalue weighted by atomic mass is 10.3. The third-order valence-electron chi connectivity index (χ3n) is 2.60. The van der Waals surface area contributed by atoms with Gasteiger partial charge in [-0.3, -0.25) is 9.97 Å². The average molecular weight is 336 g/mol. The largest absolute Gasteiger partial charge is 0.422 e. The number of carbonyl (C=O) groups excluding carboxylic acids is 1. The fourth-order valence-electron chi connectivity index (χ4n) is 1.59. The maximum atomic E-state index is 13.1. The number of hydrogen-bond acceptors (Lipinski definition) is 6. The van der Waals surface area contributed by atoms with E-state index in [4.69, 9.17) is 16.3 Å². The normalized spacial score (nSPS) is 10.5. The summed E-state index contributed by atoms with van der Waals surface area (Å²) in [6, 6.07) is 3.66. The van der Waals surface area contributed by atoms with Crippen LogP contribution in [0.15, 0.2) is 42.2 Å². The van der Waals surface area contributed by atoms with Crippen molar-refractivity contribution in [2.75, 3.05) is 0 Å². The fourth-order valence-corrected chi connectivity index (χ4v) is 2.51. The maximum Gasteiger partial charge on any atom is 0.363 e. The Morgan fingerprint density at radius 1 is 1.32 bits per heavy atom. The number of thiazole rings is 1. The summed E-state index contributed by atoms with van der Waals surface area (Å²) in [6.07, 6.45) is 4.63. The van der Waals surface area contributed by atoms with Gasteiger partial charge in [-0.15, -0.1) is 11.3 Å². The second-order valence-electron chi connectivity index (χ2n) is 4.09. The topological polar surface area (TPSA) is 65.0 Å². The van der Waals surface area contributed by atoms with Crippen LogP contribution in [-0.4, -0.2) is 20.9 Å². The Balaban J connectivity index is 1.78. The van der Waals surface area contributed by atoms with E-state index in [0.29, 0.717) is 10.7 Å². The third-order valence-corrected chi connectivity index (χ3v) is 3.75. The van der Waals surface area contributed by atoms with Crippen molar-refractivity contribution >= 4 is 28.9 Å². The van der Waals surface area contributed by atoms with Gasteiger partial charge in [-0.2, -0.15) is 0 Å². The number of esters is 1. The van der Waals surface area contributed by atoms with Gasteiger partial charge >= 0.3 is 5.97 Å². The van der Waals surface area contributed by atoms with Crippen LogP contribution in [0.2, 0.25) is 5.02 Å². The van der Waals surface area contributed by atoms with Crippen LogP contribution < -0.4 is 4.74 Å². The number of hydrogen-bond donors (Lipinski definition) is 0. The van der Waals surface area contributed by atoms with Crippen LogP contribution in [0.25, 0.3) is 10.7 Å². The van der Waals surface area contributed by atoms with Crippen molar-refractivity contribution in [1.82, 2.24) is 15.0 Å². The molecule has 0 N–H and O–H groups in total. The lowest BCUT2D eigenvalue weighted by molar-refractivity contribution is 0.0729. The number of ether oxygens (including phenoxy) is 1. The Bertz CT molecular complexity index is 826. The number of aromatic nitrogens is 3. The molecule has 0 saturated carbocycles. The minimum absolute atomic E-state index is 0.121. The molecule has 22 heavy (non-hydrogen) atoms. The van der Waals surface area contributed by atoms with Crippen molar-refractivity contribution in [2.45, 2.75) is 0 Å². The van der Waals surface area contributed by atoms with Crippen molar-refractivity contribution in [1.29, 1.82) is 0 Å².